The van der Waals surface area contributed by atoms with Crippen LogP contribution in [0.1, 0.15) is 12.5 Å². The summed E-state index contributed by atoms with van der Waals surface area (Å²) in [6.07, 6.45) is -4.76. The Morgan fingerprint density at radius 3 is 2.30 bits per heavy atom. The fourth-order valence-electron chi connectivity index (χ4n) is 2.32. The van der Waals surface area contributed by atoms with Crippen molar-refractivity contribution in [2.24, 2.45) is 0 Å². The molecule has 0 amide bonds. The van der Waals surface area contributed by atoms with Crippen LogP contribution in [0, 0.1) is 0 Å². The van der Waals surface area contributed by atoms with Gasteiger partial charge in [0.05, 0.1) is 5.56 Å². The van der Waals surface area contributed by atoms with Gasteiger partial charge in [0, 0.05) is 12.3 Å². The first-order chi connectivity index (χ1) is 12.7. The zero-order valence-corrected chi connectivity index (χ0v) is 14.0. The lowest BCUT2D eigenvalue weighted by molar-refractivity contribution is -0.144. The van der Waals surface area contributed by atoms with Crippen molar-refractivity contribution in [2.45, 2.75) is 19.2 Å². The number of halogens is 3. The molecule has 0 aliphatic heterocycles. The first-order valence-corrected chi connectivity index (χ1v) is 7.87. The molecule has 3 rings (SSSR count). The van der Waals surface area contributed by atoms with Crippen LogP contribution in [0.5, 0.6) is 17.4 Å². The monoisotopic (exact) mass is 377 g/mol. The Labute approximate surface area is 152 Å². The normalized spacial score (nSPS) is 12.6. The Bertz CT molecular complexity index is 971. The van der Waals surface area contributed by atoms with Crippen LogP contribution < -0.4 is 9.47 Å². The molecule has 1 heterocycles. The number of nitrogens with zero attached hydrogens (tertiary/aromatic N) is 1. The van der Waals surface area contributed by atoms with Crippen molar-refractivity contribution in [3.63, 3.8) is 0 Å². The minimum Gasteiger partial charge on any atom is -0.479 e. The lowest BCUT2D eigenvalue weighted by atomic mass is 10.1. The molecule has 0 fully saturated rings. The van der Waals surface area contributed by atoms with Crippen molar-refractivity contribution in [3.05, 3.63) is 60.3 Å². The number of carboxylic acid groups (broad SMARTS) is 1. The summed E-state index contributed by atoms with van der Waals surface area (Å²) >= 11 is 0. The van der Waals surface area contributed by atoms with Crippen molar-refractivity contribution in [3.8, 4) is 17.4 Å². The van der Waals surface area contributed by atoms with Crippen LogP contribution in [0.3, 0.4) is 0 Å². The quantitative estimate of drug-likeness (QED) is 0.685. The van der Waals surface area contributed by atoms with Crippen LogP contribution >= 0.6 is 0 Å². The molecule has 0 saturated carbocycles. The first kappa shape index (κ1) is 18.5. The van der Waals surface area contributed by atoms with Gasteiger partial charge in [-0.2, -0.15) is 13.2 Å². The lowest BCUT2D eigenvalue weighted by Gasteiger charge is -2.12. The number of alkyl halides is 3. The van der Waals surface area contributed by atoms with Gasteiger partial charge in [0.25, 0.3) is 0 Å². The number of aliphatic carboxylic acids is 1. The molecule has 0 spiro atoms. The maximum Gasteiger partial charge on any atom is 0.417 e. The van der Waals surface area contributed by atoms with E-state index >= 15 is 0 Å². The van der Waals surface area contributed by atoms with Crippen LogP contribution in [0.2, 0.25) is 0 Å². The molecule has 0 aliphatic rings. The van der Waals surface area contributed by atoms with E-state index in [-0.39, 0.29) is 5.88 Å². The topological polar surface area (TPSA) is 68.7 Å². The molecule has 0 radical (unpaired) electrons. The first-order valence-electron chi connectivity index (χ1n) is 7.87. The molecule has 1 N–H and O–H groups in total. The largest absolute Gasteiger partial charge is 0.479 e. The summed E-state index contributed by atoms with van der Waals surface area (Å²) in [5.41, 5.74) is -0.859. The van der Waals surface area contributed by atoms with E-state index in [4.69, 9.17) is 14.6 Å². The van der Waals surface area contributed by atoms with Crippen molar-refractivity contribution in [1.82, 2.24) is 4.98 Å². The number of aromatic nitrogens is 1. The van der Waals surface area contributed by atoms with Gasteiger partial charge in [-0.3, -0.25) is 0 Å². The second-order valence-electron chi connectivity index (χ2n) is 5.75. The molecule has 0 aliphatic carbocycles. The van der Waals surface area contributed by atoms with E-state index in [1.807, 2.05) is 0 Å². The maximum absolute atomic E-state index is 12.6. The highest BCUT2D eigenvalue weighted by molar-refractivity contribution is 5.85. The zero-order valence-electron chi connectivity index (χ0n) is 14.0. The predicted octanol–water partition coefficient (Wildman–Crippen LogP) is 4.90. The number of benzene rings is 2. The lowest BCUT2D eigenvalue weighted by Crippen LogP contribution is -2.22. The van der Waals surface area contributed by atoms with E-state index in [1.165, 1.54) is 6.92 Å². The molecule has 5 nitrogen and oxygen atoms in total. The SMILES string of the molecule is CC(Oc1ccc2ccc(Oc3ccc(C(F)(F)F)cn3)cc2c1)C(=O)O. The summed E-state index contributed by atoms with van der Waals surface area (Å²) in [6, 6.07) is 12.2. The number of hydrogen-bond donors (Lipinski definition) is 1. The Morgan fingerprint density at radius 2 is 1.70 bits per heavy atom. The summed E-state index contributed by atoms with van der Waals surface area (Å²) in [6.45, 7) is 1.42. The zero-order chi connectivity index (χ0) is 19.6. The number of hydrogen-bond acceptors (Lipinski definition) is 4. The average Bonchev–Trinajstić information content (AvgIpc) is 2.61. The Hall–Kier alpha value is -3.29. The van der Waals surface area contributed by atoms with E-state index in [0.717, 1.165) is 22.9 Å². The molecule has 140 valence electrons. The van der Waals surface area contributed by atoms with Gasteiger partial charge in [-0.15, -0.1) is 0 Å². The second kappa shape index (κ2) is 7.14. The number of carbonyl (C=O) groups is 1. The van der Waals surface area contributed by atoms with Crippen LogP contribution in [0.25, 0.3) is 10.8 Å². The smallest absolute Gasteiger partial charge is 0.417 e. The summed E-state index contributed by atoms with van der Waals surface area (Å²) in [4.78, 5) is 14.6. The van der Waals surface area contributed by atoms with Gasteiger partial charge >= 0.3 is 12.1 Å². The fourth-order valence-corrected chi connectivity index (χ4v) is 2.32. The molecule has 1 unspecified atom stereocenters. The Balaban J connectivity index is 1.81. The van der Waals surface area contributed by atoms with Gasteiger partial charge in [0.1, 0.15) is 11.5 Å². The Morgan fingerprint density at radius 1 is 1.04 bits per heavy atom. The third-order valence-corrected chi connectivity index (χ3v) is 3.73. The third-order valence-electron chi connectivity index (χ3n) is 3.73. The molecule has 27 heavy (non-hydrogen) atoms. The van der Waals surface area contributed by atoms with Gasteiger partial charge in [0.15, 0.2) is 6.10 Å². The predicted molar refractivity (Wildman–Crippen MR) is 91.0 cm³/mol. The molecule has 3 aromatic rings. The van der Waals surface area contributed by atoms with Crippen LogP contribution in [0.15, 0.2) is 54.7 Å². The highest BCUT2D eigenvalue weighted by atomic mass is 19.4. The number of ether oxygens (including phenoxy) is 2. The van der Waals surface area contributed by atoms with Crippen LogP contribution in [0.4, 0.5) is 13.2 Å². The van der Waals surface area contributed by atoms with Crippen LogP contribution in [-0.2, 0) is 11.0 Å². The van der Waals surface area contributed by atoms with Crippen molar-refractivity contribution >= 4 is 16.7 Å². The standard InChI is InChI=1S/C19H14F3NO4/c1-11(18(24)25)26-15-5-2-12-3-6-16(9-13(12)8-15)27-17-7-4-14(10-23-17)19(20,21)22/h2-11H,1H3,(H,24,25). The number of carboxylic acids is 1. The highest BCUT2D eigenvalue weighted by Gasteiger charge is 2.30. The molecule has 0 bridgehead atoms. The van der Waals surface area contributed by atoms with Gasteiger partial charge in [-0.05, 0) is 48.0 Å². The number of rotatable bonds is 5. The summed E-state index contributed by atoms with van der Waals surface area (Å²) in [5, 5.41) is 10.5. The molecular formula is C19H14F3NO4. The van der Waals surface area contributed by atoms with Gasteiger partial charge in [0.2, 0.25) is 5.88 Å². The van der Waals surface area contributed by atoms with Gasteiger partial charge in [-0.25, -0.2) is 9.78 Å². The number of pyridine rings is 1. The molecule has 1 aromatic heterocycles. The summed E-state index contributed by atoms with van der Waals surface area (Å²) in [7, 11) is 0. The molecule has 2 aromatic carbocycles. The average molecular weight is 377 g/mol. The van der Waals surface area contributed by atoms with E-state index in [1.54, 1.807) is 36.4 Å². The van der Waals surface area contributed by atoms with Crippen molar-refractivity contribution in [2.75, 3.05) is 0 Å². The van der Waals surface area contributed by atoms with E-state index < -0.39 is 23.8 Å². The number of fused-ring (bicyclic) bond motifs is 1. The minimum atomic E-state index is -4.46. The molecule has 8 heteroatoms. The maximum atomic E-state index is 12.6. The van der Waals surface area contributed by atoms with E-state index in [9.17, 15) is 18.0 Å². The molecule has 0 saturated heterocycles. The summed E-state index contributed by atoms with van der Waals surface area (Å²) < 4.78 is 48.5. The highest BCUT2D eigenvalue weighted by Crippen LogP contribution is 2.31. The third kappa shape index (κ3) is 4.46. The van der Waals surface area contributed by atoms with Crippen molar-refractivity contribution in [1.29, 1.82) is 0 Å². The van der Waals surface area contributed by atoms with Crippen LogP contribution in [-0.4, -0.2) is 22.2 Å². The van der Waals surface area contributed by atoms with Gasteiger partial charge in [-0.1, -0.05) is 12.1 Å². The second-order valence-corrected chi connectivity index (χ2v) is 5.75. The minimum absolute atomic E-state index is 0.0225. The fraction of sp³-hybridized carbons (Fsp3) is 0.158. The molecular weight excluding hydrogens is 363 g/mol. The van der Waals surface area contributed by atoms with Crippen molar-refractivity contribution < 1.29 is 32.5 Å². The van der Waals surface area contributed by atoms with Gasteiger partial charge < -0.3 is 14.6 Å². The molecule has 1 atom stereocenters. The Kier molecular flexibility index (Phi) is 4.89. The summed E-state index contributed by atoms with van der Waals surface area (Å²) in [5.74, 6) is -0.310. The van der Waals surface area contributed by atoms with E-state index in [0.29, 0.717) is 17.7 Å². The van der Waals surface area contributed by atoms with E-state index in [2.05, 4.69) is 4.98 Å².